The highest BCUT2D eigenvalue weighted by atomic mass is 14.6. The molecular weight excluding hydrogens is 410 g/mol. The topological polar surface area (TPSA) is 12.9 Å². The molecule has 1 nitrogen and oxygen atoms in total. The minimum atomic E-state index is 1.18. The van der Waals surface area contributed by atoms with Crippen molar-refractivity contribution in [2.24, 2.45) is 0 Å². The van der Waals surface area contributed by atoms with Crippen LogP contribution >= 0.6 is 0 Å². The van der Waals surface area contributed by atoms with Crippen LogP contribution in [0.3, 0.4) is 0 Å². The van der Waals surface area contributed by atoms with Crippen molar-refractivity contribution < 1.29 is 0 Å². The van der Waals surface area contributed by atoms with Gasteiger partial charge >= 0.3 is 0 Å². The number of hydrogen-bond acceptors (Lipinski definition) is 1. The van der Waals surface area contributed by atoms with Gasteiger partial charge in [-0.05, 0) is 72.1 Å². The zero-order valence-corrected chi connectivity index (χ0v) is 18.6. The van der Waals surface area contributed by atoms with E-state index in [0.29, 0.717) is 0 Å². The lowest BCUT2D eigenvalue weighted by molar-refractivity contribution is 1.37. The van der Waals surface area contributed by atoms with Crippen LogP contribution in [0.15, 0.2) is 128 Å². The summed E-state index contributed by atoms with van der Waals surface area (Å²) in [6.07, 6.45) is 3.94. The average Bonchev–Trinajstić information content (AvgIpc) is 2.92. The summed E-state index contributed by atoms with van der Waals surface area (Å²) >= 11 is 0. The van der Waals surface area contributed by atoms with Gasteiger partial charge in [-0.1, -0.05) is 103 Å². The number of aromatic nitrogens is 1. The third kappa shape index (κ3) is 2.77. The molecule has 0 aliphatic carbocycles. The SMILES string of the molecule is c1ccc(-c2c3ccccc3c(-c3cc4ccccc4c4ccccc34)c3cnccc23)cc1. The van der Waals surface area contributed by atoms with E-state index >= 15 is 0 Å². The minimum Gasteiger partial charge on any atom is -0.264 e. The van der Waals surface area contributed by atoms with E-state index in [-0.39, 0.29) is 0 Å². The molecule has 0 amide bonds. The molecule has 0 saturated carbocycles. The van der Waals surface area contributed by atoms with Gasteiger partial charge in [-0.2, -0.15) is 0 Å². The Balaban J connectivity index is 1.72. The average molecular weight is 432 g/mol. The predicted molar refractivity (Wildman–Crippen MR) is 145 cm³/mol. The van der Waals surface area contributed by atoms with E-state index in [9.17, 15) is 0 Å². The summed E-state index contributed by atoms with van der Waals surface area (Å²) in [5, 5.41) is 10.0. The molecule has 158 valence electrons. The summed E-state index contributed by atoms with van der Waals surface area (Å²) in [7, 11) is 0. The van der Waals surface area contributed by atoms with Crippen LogP contribution in [0.1, 0.15) is 0 Å². The number of nitrogens with zero attached hydrogens (tertiary/aromatic N) is 1. The Hall–Kier alpha value is -4.49. The summed E-state index contributed by atoms with van der Waals surface area (Å²) in [5.74, 6) is 0. The van der Waals surface area contributed by atoms with Crippen LogP contribution in [0.4, 0.5) is 0 Å². The molecule has 34 heavy (non-hydrogen) atoms. The van der Waals surface area contributed by atoms with Crippen molar-refractivity contribution in [2.75, 3.05) is 0 Å². The molecule has 0 saturated heterocycles. The van der Waals surface area contributed by atoms with E-state index in [0.717, 1.165) is 0 Å². The van der Waals surface area contributed by atoms with Crippen molar-refractivity contribution in [3.05, 3.63) is 128 Å². The van der Waals surface area contributed by atoms with Gasteiger partial charge in [0.05, 0.1) is 0 Å². The summed E-state index contributed by atoms with van der Waals surface area (Å²) in [6.45, 7) is 0. The van der Waals surface area contributed by atoms with E-state index in [2.05, 4.69) is 120 Å². The van der Waals surface area contributed by atoms with Gasteiger partial charge in [-0.15, -0.1) is 0 Å². The standard InChI is InChI=1S/C33H21N/c1-2-10-22(11-3-1)32-27-16-8-9-17-28(27)33(31-21-34-19-18-29(31)32)30-20-23-12-4-5-13-24(23)25-14-6-7-15-26(25)30/h1-21H. The molecule has 1 aromatic heterocycles. The molecule has 7 rings (SSSR count). The van der Waals surface area contributed by atoms with Gasteiger partial charge in [0, 0.05) is 17.8 Å². The van der Waals surface area contributed by atoms with Crippen molar-refractivity contribution in [1.82, 2.24) is 4.98 Å². The van der Waals surface area contributed by atoms with Crippen LogP contribution in [0, 0.1) is 0 Å². The number of hydrogen-bond donors (Lipinski definition) is 0. The van der Waals surface area contributed by atoms with Gasteiger partial charge in [0.25, 0.3) is 0 Å². The molecule has 0 aliphatic heterocycles. The lowest BCUT2D eigenvalue weighted by atomic mass is 9.84. The van der Waals surface area contributed by atoms with E-state index in [1.54, 1.807) is 0 Å². The quantitative estimate of drug-likeness (QED) is 0.196. The molecule has 0 radical (unpaired) electrons. The first-order chi connectivity index (χ1) is 16.9. The third-order valence-electron chi connectivity index (χ3n) is 6.93. The van der Waals surface area contributed by atoms with Crippen LogP contribution in [-0.2, 0) is 0 Å². The Morgan fingerprint density at radius 1 is 0.412 bits per heavy atom. The van der Waals surface area contributed by atoms with Crippen molar-refractivity contribution in [2.45, 2.75) is 0 Å². The van der Waals surface area contributed by atoms with Crippen molar-refractivity contribution in [3.8, 4) is 22.3 Å². The molecule has 6 aromatic carbocycles. The lowest BCUT2D eigenvalue weighted by Gasteiger charge is -2.19. The van der Waals surface area contributed by atoms with E-state index in [1.807, 2.05) is 12.4 Å². The molecular formula is C33H21N. The molecule has 0 unspecified atom stereocenters. The highest BCUT2D eigenvalue weighted by Crippen LogP contribution is 2.46. The predicted octanol–water partition coefficient (Wildman–Crippen LogP) is 9.03. The lowest BCUT2D eigenvalue weighted by Crippen LogP contribution is -1.92. The number of benzene rings is 6. The first kappa shape index (κ1) is 19.0. The molecule has 0 aliphatic rings. The summed E-state index contributed by atoms with van der Waals surface area (Å²) in [6, 6.07) is 41.5. The van der Waals surface area contributed by atoms with Gasteiger partial charge in [0.1, 0.15) is 0 Å². The van der Waals surface area contributed by atoms with Gasteiger partial charge in [0.15, 0.2) is 0 Å². The molecule has 0 fully saturated rings. The fourth-order valence-electron chi connectivity index (χ4n) is 5.49. The van der Waals surface area contributed by atoms with Crippen LogP contribution in [0.25, 0.3) is 65.3 Å². The van der Waals surface area contributed by atoms with Crippen LogP contribution < -0.4 is 0 Å². The van der Waals surface area contributed by atoms with Gasteiger partial charge in [-0.3, -0.25) is 4.98 Å². The molecule has 0 N–H and O–H groups in total. The maximum atomic E-state index is 4.58. The molecule has 1 heterocycles. The van der Waals surface area contributed by atoms with Gasteiger partial charge in [-0.25, -0.2) is 0 Å². The van der Waals surface area contributed by atoms with Crippen LogP contribution in [0.5, 0.6) is 0 Å². The summed E-state index contributed by atoms with van der Waals surface area (Å²) < 4.78 is 0. The Bertz CT molecular complexity index is 1790. The van der Waals surface area contributed by atoms with E-state index < -0.39 is 0 Å². The highest BCUT2D eigenvalue weighted by molar-refractivity contribution is 6.25. The van der Waals surface area contributed by atoms with Gasteiger partial charge in [0.2, 0.25) is 0 Å². The van der Waals surface area contributed by atoms with Crippen LogP contribution in [0.2, 0.25) is 0 Å². The number of pyridine rings is 1. The first-order valence-corrected chi connectivity index (χ1v) is 11.6. The zero-order valence-electron chi connectivity index (χ0n) is 18.6. The normalized spacial score (nSPS) is 11.5. The number of rotatable bonds is 2. The van der Waals surface area contributed by atoms with Crippen molar-refractivity contribution >= 4 is 43.1 Å². The Labute approximate surface area is 197 Å². The second-order valence-corrected chi connectivity index (χ2v) is 8.77. The van der Waals surface area contributed by atoms with Crippen molar-refractivity contribution in [1.29, 1.82) is 0 Å². The molecule has 1 heteroatoms. The molecule has 0 bridgehead atoms. The summed E-state index contributed by atoms with van der Waals surface area (Å²) in [5.41, 5.74) is 5.00. The largest absolute Gasteiger partial charge is 0.264 e. The Morgan fingerprint density at radius 3 is 1.79 bits per heavy atom. The maximum absolute atomic E-state index is 4.58. The molecule has 0 spiro atoms. The highest BCUT2D eigenvalue weighted by Gasteiger charge is 2.18. The fraction of sp³-hybridized carbons (Fsp3) is 0. The Morgan fingerprint density at radius 2 is 1.00 bits per heavy atom. The van der Waals surface area contributed by atoms with E-state index in [4.69, 9.17) is 0 Å². The minimum absolute atomic E-state index is 1.18. The van der Waals surface area contributed by atoms with Gasteiger partial charge < -0.3 is 0 Å². The smallest absolute Gasteiger partial charge is 0.0353 e. The fourth-order valence-corrected chi connectivity index (χ4v) is 5.49. The molecule has 7 aromatic rings. The second-order valence-electron chi connectivity index (χ2n) is 8.77. The Kier molecular flexibility index (Phi) is 4.22. The second kappa shape index (κ2) is 7.54. The van der Waals surface area contributed by atoms with Crippen LogP contribution in [-0.4, -0.2) is 4.98 Å². The third-order valence-corrected chi connectivity index (χ3v) is 6.93. The number of fused-ring (bicyclic) bond motifs is 5. The van der Waals surface area contributed by atoms with Crippen molar-refractivity contribution in [3.63, 3.8) is 0 Å². The maximum Gasteiger partial charge on any atom is 0.0353 e. The first-order valence-electron chi connectivity index (χ1n) is 11.6. The van der Waals surface area contributed by atoms with E-state index in [1.165, 1.54) is 65.3 Å². The summed E-state index contributed by atoms with van der Waals surface area (Å²) in [4.78, 5) is 4.58. The molecule has 0 atom stereocenters. The zero-order chi connectivity index (χ0) is 22.5. The monoisotopic (exact) mass is 431 g/mol.